The van der Waals surface area contributed by atoms with Gasteiger partial charge < -0.3 is 0 Å². The molecule has 0 aliphatic carbocycles. The van der Waals surface area contributed by atoms with Gasteiger partial charge in [0.1, 0.15) is 0 Å². The predicted octanol–water partition coefficient (Wildman–Crippen LogP) is 6.95. The first kappa shape index (κ1) is 22.9. The van der Waals surface area contributed by atoms with E-state index in [2.05, 4.69) is 0 Å². The Morgan fingerprint density at radius 3 is 1.46 bits per heavy atom. The molecular weight excluding hydrogens is 511 g/mol. The third-order valence-electron chi connectivity index (χ3n) is 2.96. The smallest absolute Gasteiger partial charge is 0.195 e. The zero-order valence-corrected chi connectivity index (χ0v) is 14.0. The molecule has 0 atom stereocenters. The Kier molecular flexibility index (Phi) is 5.97. The molecule has 0 aromatic heterocycles. The molecule has 13 heteroatoms. The number of rotatable bonds is 4. The quantitative estimate of drug-likeness (QED) is 0.301. The molecule has 1 aromatic rings. The monoisotopic (exact) mass is 516 g/mol. The first-order chi connectivity index (χ1) is 11.3. The third-order valence-corrected chi connectivity index (χ3v) is 3.90. The van der Waals surface area contributed by atoms with Crippen LogP contribution in [0.3, 0.4) is 0 Å². The fourth-order valence-electron chi connectivity index (χ4n) is 1.54. The Morgan fingerprint density at radius 2 is 1.12 bits per heavy atom. The fourth-order valence-corrected chi connectivity index (χ4v) is 2.29. The molecule has 0 N–H and O–H groups in total. The van der Waals surface area contributed by atoms with Crippen molar-refractivity contribution in [3.05, 3.63) is 41.5 Å². The summed E-state index contributed by atoms with van der Waals surface area (Å²) in [5.74, 6) is -19.8. The van der Waals surface area contributed by atoms with Crippen molar-refractivity contribution in [1.29, 1.82) is 0 Å². The summed E-state index contributed by atoms with van der Waals surface area (Å²) < 4.78 is 151. The van der Waals surface area contributed by atoms with Crippen molar-refractivity contribution in [2.24, 2.45) is 0 Å². The Balaban J connectivity index is 3.28. The van der Waals surface area contributed by atoms with E-state index in [0.717, 1.165) is 22.6 Å². The summed E-state index contributed by atoms with van der Waals surface area (Å²) in [7, 11) is 0. The Bertz CT molecular complexity index is 666. The van der Waals surface area contributed by atoms with Gasteiger partial charge in [-0.25, -0.2) is 0 Å². The summed E-state index contributed by atoms with van der Waals surface area (Å²) in [4.78, 5) is 0. The average Bonchev–Trinajstić information content (AvgIpc) is 2.44. The van der Waals surface area contributed by atoms with Crippen LogP contribution < -0.4 is 0 Å². The van der Waals surface area contributed by atoms with Crippen LogP contribution in [-0.2, 0) is 6.18 Å². The molecule has 1 rings (SSSR count). The van der Waals surface area contributed by atoms with Crippen LogP contribution in [0, 0.1) is 0 Å². The van der Waals surface area contributed by atoms with Gasteiger partial charge in [-0.2, -0.15) is 52.7 Å². The molecule has 0 fully saturated rings. The summed E-state index contributed by atoms with van der Waals surface area (Å²) in [5, 5.41) is 0. The van der Waals surface area contributed by atoms with Gasteiger partial charge in [0, 0.05) is 9.66 Å². The highest BCUT2D eigenvalue weighted by atomic mass is 127. The molecule has 0 saturated carbocycles. The van der Waals surface area contributed by atoms with Crippen molar-refractivity contribution >= 4 is 26.2 Å². The molecule has 26 heavy (non-hydrogen) atoms. The van der Waals surface area contributed by atoms with E-state index in [0.29, 0.717) is 24.3 Å². The Morgan fingerprint density at radius 1 is 0.692 bits per heavy atom. The minimum atomic E-state index is -7.04. The van der Waals surface area contributed by atoms with Gasteiger partial charge in [-0.3, -0.25) is 0 Å². The van der Waals surface area contributed by atoms with Gasteiger partial charge in [-0.15, -0.1) is 0 Å². The zero-order valence-electron chi connectivity index (χ0n) is 11.8. The topological polar surface area (TPSA) is 0 Å². The summed E-state index contributed by atoms with van der Waals surface area (Å²) in [6.45, 7) is 0. The molecular formula is C13H5F12I. The first-order valence-electron chi connectivity index (χ1n) is 6.11. The molecule has 0 aliphatic rings. The van der Waals surface area contributed by atoms with Crippen LogP contribution in [0.25, 0.3) is 3.58 Å². The van der Waals surface area contributed by atoms with E-state index in [9.17, 15) is 52.7 Å². The van der Waals surface area contributed by atoms with E-state index >= 15 is 0 Å². The first-order valence-corrected chi connectivity index (χ1v) is 7.18. The third kappa shape index (κ3) is 4.22. The summed E-state index contributed by atoms with van der Waals surface area (Å²) in [6.07, 6.45) is -12.6. The van der Waals surface area contributed by atoms with Crippen molar-refractivity contribution in [1.82, 2.24) is 0 Å². The maximum Gasteiger partial charge on any atom is 0.460 e. The highest BCUT2D eigenvalue weighted by molar-refractivity contribution is 14.1. The molecule has 0 nitrogen and oxygen atoms in total. The number of benzene rings is 1. The molecule has 0 amide bonds. The lowest BCUT2D eigenvalue weighted by molar-refractivity contribution is -0.388. The predicted molar refractivity (Wildman–Crippen MR) is 74.3 cm³/mol. The number of alkyl halides is 12. The van der Waals surface area contributed by atoms with Crippen LogP contribution in [0.2, 0.25) is 0 Å². The van der Waals surface area contributed by atoms with Crippen LogP contribution in [-0.4, -0.2) is 23.9 Å². The lowest BCUT2D eigenvalue weighted by atomic mass is 10.0. The largest absolute Gasteiger partial charge is 0.460 e. The fraction of sp³-hybridized carbons (Fsp3) is 0.385. The molecule has 0 unspecified atom stereocenters. The normalized spacial score (nSPS) is 15.3. The van der Waals surface area contributed by atoms with E-state index in [4.69, 9.17) is 0 Å². The standard InChI is InChI=1S/C13H5F12I/c14-9(15,11(19,20)12(21,22)13(23,24)25)5-8(26)6-1-3-7(4-2-6)10(16,17)18/h1-5H/b8-5+. The molecule has 0 aliphatic heterocycles. The van der Waals surface area contributed by atoms with E-state index in [-0.39, 0.29) is 0 Å². The summed E-state index contributed by atoms with van der Waals surface area (Å²) >= 11 is 0.895. The van der Waals surface area contributed by atoms with Gasteiger partial charge in [0.05, 0.1) is 5.56 Å². The highest BCUT2D eigenvalue weighted by Crippen LogP contribution is 2.54. The summed E-state index contributed by atoms with van der Waals surface area (Å²) in [6, 6.07) is 1.92. The molecule has 0 radical (unpaired) electrons. The van der Waals surface area contributed by atoms with Crippen molar-refractivity contribution in [3.8, 4) is 0 Å². The van der Waals surface area contributed by atoms with E-state index in [1.807, 2.05) is 0 Å². The maximum absolute atomic E-state index is 13.4. The van der Waals surface area contributed by atoms with Gasteiger partial charge >= 0.3 is 30.1 Å². The van der Waals surface area contributed by atoms with Gasteiger partial charge in [-0.05, 0) is 40.3 Å². The minimum Gasteiger partial charge on any atom is -0.195 e. The Labute approximate surface area is 151 Å². The number of allylic oxidation sites excluding steroid dienone is 1. The van der Waals surface area contributed by atoms with Gasteiger partial charge in [0.15, 0.2) is 0 Å². The van der Waals surface area contributed by atoms with Crippen LogP contribution in [0.15, 0.2) is 30.3 Å². The van der Waals surface area contributed by atoms with Gasteiger partial charge in [-0.1, -0.05) is 12.1 Å². The molecule has 0 spiro atoms. The van der Waals surface area contributed by atoms with Crippen molar-refractivity contribution in [2.75, 3.05) is 0 Å². The molecule has 0 bridgehead atoms. The van der Waals surface area contributed by atoms with Crippen LogP contribution in [0.4, 0.5) is 52.7 Å². The van der Waals surface area contributed by atoms with E-state index < -0.39 is 50.9 Å². The second kappa shape index (κ2) is 6.78. The van der Waals surface area contributed by atoms with E-state index in [1.165, 1.54) is 0 Å². The number of hydrogen-bond acceptors (Lipinski definition) is 0. The molecule has 1 aromatic carbocycles. The lowest BCUT2D eigenvalue weighted by Crippen LogP contribution is -2.60. The van der Waals surface area contributed by atoms with Crippen LogP contribution >= 0.6 is 22.6 Å². The van der Waals surface area contributed by atoms with E-state index in [1.54, 1.807) is 0 Å². The number of halogens is 13. The zero-order chi connectivity index (χ0) is 20.8. The molecule has 0 heterocycles. The minimum absolute atomic E-state index is 0.391. The SMILES string of the molecule is FC(F)(F)c1ccc(/C(I)=C\C(F)(F)C(F)(F)C(F)(F)C(F)(F)F)cc1. The Hall–Kier alpha value is -1.15. The van der Waals surface area contributed by atoms with Gasteiger partial charge in [0.2, 0.25) is 0 Å². The lowest BCUT2D eigenvalue weighted by Gasteiger charge is -2.32. The molecule has 0 saturated heterocycles. The number of hydrogen-bond donors (Lipinski definition) is 0. The van der Waals surface area contributed by atoms with Crippen molar-refractivity contribution in [3.63, 3.8) is 0 Å². The second-order valence-corrected chi connectivity index (χ2v) is 6.00. The van der Waals surface area contributed by atoms with Crippen LogP contribution in [0.1, 0.15) is 11.1 Å². The average molecular weight is 516 g/mol. The van der Waals surface area contributed by atoms with Crippen molar-refractivity contribution < 1.29 is 52.7 Å². The molecule has 148 valence electrons. The van der Waals surface area contributed by atoms with Crippen LogP contribution in [0.5, 0.6) is 0 Å². The summed E-state index contributed by atoms with van der Waals surface area (Å²) in [5.41, 5.74) is -1.74. The highest BCUT2D eigenvalue weighted by Gasteiger charge is 2.81. The maximum atomic E-state index is 13.4. The van der Waals surface area contributed by atoms with Crippen molar-refractivity contribution in [2.45, 2.75) is 30.1 Å². The second-order valence-electron chi connectivity index (χ2n) is 4.84. The van der Waals surface area contributed by atoms with Gasteiger partial charge in [0.25, 0.3) is 0 Å².